The average molecular weight is 390 g/mol. The summed E-state index contributed by atoms with van der Waals surface area (Å²) in [5.74, 6) is 1.45. The number of hydrogen-bond donors (Lipinski definition) is 1. The molecule has 0 spiro atoms. The maximum atomic E-state index is 13.1. The minimum Gasteiger partial charge on any atom is -0.496 e. The lowest BCUT2D eigenvalue weighted by Crippen LogP contribution is -2.05. The van der Waals surface area contributed by atoms with Crippen LogP contribution in [0.25, 0.3) is 11.1 Å². The Morgan fingerprint density at radius 1 is 0.966 bits per heavy atom. The predicted molar refractivity (Wildman–Crippen MR) is 111 cm³/mol. The smallest absolute Gasteiger partial charge is 0.196 e. The first-order valence-corrected chi connectivity index (χ1v) is 9.49. The van der Waals surface area contributed by atoms with Crippen molar-refractivity contribution in [1.29, 1.82) is 0 Å². The fourth-order valence-corrected chi connectivity index (χ4v) is 3.61. The zero-order valence-electron chi connectivity index (χ0n) is 16.4. The van der Waals surface area contributed by atoms with E-state index < -0.39 is 0 Å². The Morgan fingerprint density at radius 3 is 2.55 bits per heavy atom. The number of benzene rings is 2. The summed E-state index contributed by atoms with van der Waals surface area (Å²) in [6.07, 6.45) is 2.42. The van der Waals surface area contributed by atoms with Gasteiger partial charge in [0.25, 0.3) is 0 Å². The van der Waals surface area contributed by atoms with E-state index in [1.54, 1.807) is 25.4 Å². The largest absolute Gasteiger partial charge is 0.496 e. The van der Waals surface area contributed by atoms with Crippen molar-refractivity contribution in [3.05, 3.63) is 65.5 Å². The maximum absolute atomic E-state index is 13.1. The first-order chi connectivity index (χ1) is 14.2. The summed E-state index contributed by atoms with van der Waals surface area (Å²) in [7, 11) is 1.56. The minimum atomic E-state index is -0.150. The Labute approximate surface area is 169 Å². The van der Waals surface area contributed by atoms with Crippen molar-refractivity contribution in [1.82, 2.24) is 4.98 Å². The highest BCUT2D eigenvalue weighted by atomic mass is 16.5. The van der Waals surface area contributed by atoms with Crippen molar-refractivity contribution in [3.8, 4) is 28.4 Å². The van der Waals surface area contributed by atoms with Gasteiger partial charge in [0.1, 0.15) is 17.2 Å². The van der Waals surface area contributed by atoms with Crippen molar-refractivity contribution in [2.75, 3.05) is 26.1 Å². The molecule has 148 valence electrons. The molecule has 2 aromatic carbocycles. The molecule has 29 heavy (non-hydrogen) atoms. The number of hydrogen-bond acceptors (Lipinski definition) is 6. The minimum absolute atomic E-state index is 0.150. The van der Waals surface area contributed by atoms with Crippen molar-refractivity contribution < 1.29 is 19.0 Å². The van der Waals surface area contributed by atoms with E-state index in [1.165, 1.54) is 0 Å². The Kier molecular flexibility index (Phi) is 5.08. The molecule has 1 aliphatic carbocycles. The number of fused-ring (bicyclic) bond motifs is 3. The lowest BCUT2D eigenvalue weighted by Gasteiger charge is -2.16. The van der Waals surface area contributed by atoms with Gasteiger partial charge < -0.3 is 19.9 Å². The molecule has 0 saturated heterocycles. The molecule has 6 heteroatoms. The summed E-state index contributed by atoms with van der Waals surface area (Å²) in [6, 6.07) is 13.0. The topological polar surface area (TPSA) is 83.7 Å². The van der Waals surface area contributed by atoms with Crippen LogP contribution >= 0.6 is 0 Å². The number of pyridine rings is 1. The van der Waals surface area contributed by atoms with E-state index in [9.17, 15) is 4.79 Å². The summed E-state index contributed by atoms with van der Waals surface area (Å²) in [4.78, 5) is 17.4. The molecule has 2 N–H and O–H groups in total. The van der Waals surface area contributed by atoms with Crippen LogP contribution in [0, 0.1) is 0 Å². The van der Waals surface area contributed by atoms with E-state index in [1.807, 2.05) is 37.3 Å². The van der Waals surface area contributed by atoms with Crippen molar-refractivity contribution >= 4 is 11.5 Å². The molecular formula is C23H22N2O4. The quantitative estimate of drug-likeness (QED) is 0.482. The first kappa shape index (κ1) is 18.8. The number of ketones is 1. The summed E-state index contributed by atoms with van der Waals surface area (Å²) in [5.41, 5.74) is 9.88. The third kappa shape index (κ3) is 3.27. The van der Waals surface area contributed by atoms with Gasteiger partial charge in [0, 0.05) is 41.1 Å². The lowest BCUT2D eigenvalue weighted by atomic mass is 10.0. The van der Waals surface area contributed by atoms with Crippen LogP contribution in [-0.4, -0.2) is 31.1 Å². The summed E-state index contributed by atoms with van der Waals surface area (Å²) >= 11 is 0. The van der Waals surface area contributed by atoms with Crippen LogP contribution in [0.5, 0.6) is 17.2 Å². The monoisotopic (exact) mass is 390 g/mol. The molecule has 1 aromatic heterocycles. The van der Waals surface area contributed by atoms with E-state index >= 15 is 0 Å². The fourth-order valence-electron chi connectivity index (χ4n) is 3.61. The van der Waals surface area contributed by atoms with Gasteiger partial charge in [-0.1, -0.05) is 18.2 Å². The molecule has 0 saturated carbocycles. The fraction of sp³-hybridized carbons (Fsp3) is 0.217. The Morgan fingerprint density at radius 2 is 1.83 bits per heavy atom. The molecule has 6 nitrogen and oxygen atoms in total. The van der Waals surface area contributed by atoms with Crippen LogP contribution in [0.2, 0.25) is 0 Å². The van der Waals surface area contributed by atoms with E-state index in [0.29, 0.717) is 64.8 Å². The number of rotatable bonds is 7. The molecule has 0 amide bonds. The van der Waals surface area contributed by atoms with E-state index in [0.717, 1.165) is 5.69 Å². The molecule has 4 rings (SSSR count). The number of aromatic nitrogens is 1. The number of nitrogen functional groups attached to an aromatic ring is 1. The van der Waals surface area contributed by atoms with Gasteiger partial charge in [-0.15, -0.1) is 0 Å². The zero-order valence-corrected chi connectivity index (χ0v) is 16.4. The molecule has 0 bridgehead atoms. The van der Waals surface area contributed by atoms with Crippen molar-refractivity contribution in [2.24, 2.45) is 0 Å². The second kappa shape index (κ2) is 7.83. The van der Waals surface area contributed by atoms with E-state index in [4.69, 9.17) is 19.9 Å². The van der Waals surface area contributed by atoms with Gasteiger partial charge in [0.2, 0.25) is 0 Å². The predicted octanol–water partition coefficient (Wildman–Crippen LogP) is 3.90. The molecule has 0 atom stereocenters. The number of carbonyl (C=O) groups excluding carboxylic acids is 1. The normalized spacial score (nSPS) is 11.7. The lowest BCUT2D eigenvalue weighted by molar-refractivity contribution is 0.104. The third-order valence-corrected chi connectivity index (χ3v) is 4.90. The number of carbonyl (C=O) groups is 1. The van der Waals surface area contributed by atoms with Crippen LogP contribution < -0.4 is 19.9 Å². The second-order valence-corrected chi connectivity index (χ2v) is 6.60. The Balaban J connectivity index is 1.74. The van der Waals surface area contributed by atoms with Crippen LogP contribution in [0.3, 0.4) is 0 Å². The standard InChI is InChI=1S/C23H22N2O4/c1-3-28-18-13-17(27-2)20-19-15(23(26)21(20)22(18)24)8-6-9-16(19)29-12-10-14-7-4-5-11-25-14/h4-9,11,13H,3,10,12,24H2,1-2H3. The molecule has 1 aliphatic rings. The molecule has 0 unspecified atom stereocenters. The number of nitrogens with zero attached hydrogens (tertiary/aromatic N) is 1. The van der Waals surface area contributed by atoms with Crippen LogP contribution in [0.4, 0.5) is 5.69 Å². The first-order valence-electron chi connectivity index (χ1n) is 9.49. The van der Waals surface area contributed by atoms with Crippen LogP contribution in [0.1, 0.15) is 28.5 Å². The Hall–Kier alpha value is -3.54. The Bertz CT molecular complexity index is 1060. The molecule has 0 radical (unpaired) electrons. The third-order valence-electron chi connectivity index (χ3n) is 4.90. The van der Waals surface area contributed by atoms with E-state index in [-0.39, 0.29) is 5.78 Å². The van der Waals surface area contributed by atoms with Gasteiger partial charge >= 0.3 is 0 Å². The van der Waals surface area contributed by atoms with Gasteiger partial charge in [-0.25, -0.2) is 0 Å². The molecule has 0 fully saturated rings. The highest BCUT2D eigenvalue weighted by Gasteiger charge is 2.36. The number of nitrogens with two attached hydrogens (primary N) is 1. The number of ether oxygens (including phenoxy) is 3. The molecule has 3 aromatic rings. The second-order valence-electron chi connectivity index (χ2n) is 6.60. The average Bonchev–Trinajstić information content (AvgIpc) is 3.05. The van der Waals surface area contributed by atoms with Crippen molar-refractivity contribution in [2.45, 2.75) is 13.3 Å². The summed E-state index contributed by atoms with van der Waals surface area (Å²) < 4.78 is 17.2. The molecule has 1 heterocycles. The van der Waals surface area contributed by atoms with Gasteiger partial charge in [-0.2, -0.15) is 0 Å². The van der Waals surface area contributed by atoms with Gasteiger partial charge in [-0.05, 0) is 25.1 Å². The van der Waals surface area contributed by atoms with Gasteiger partial charge in [0.05, 0.1) is 31.6 Å². The van der Waals surface area contributed by atoms with Crippen LogP contribution in [-0.2, 0) is 6.42 Å². The van der Waals surface area contributed by atoms with Gasteiger partial charge in [-0.3, -0.25) is 9.78 Å². The number of methoxy groups -OCH3 is 1. The highest BCUT2D eigenvalue weighted by molar-refractivity contribution is 6.26. The number of anilines is 1. The zero-order chi connectivity index (χ0) is 20.4. The highest BCUT2D eigenvalue weighted by Crippen LogP contribution is 2.51. The maximum Gasteiger partial charge on any atom is 0.196 e. The summed E-state index contributed by atoms with van der Waals surface area (Å²) in [6.45, 7) is 2.74. The summed E-state index contributed by atoms with van der Waals surface area (Å²) in [5, 5.41) is 0. The SMILES string of the molecule is CCOc1cc(OC)c2c(c1N)C(=O)c1cccc(OCCc3ccccn3)c1-2. The van der Waals surface area contributed by atoms with E-state index in [2.05, 4.69) is 4.98 Å². The molecule has 0 aliphatic heterocycles. The van der Waals surface area contributed by atoms with Gasteiger partial charge in [0.15, 0.2) is 5.78 Å². The molecular weight excluding hydrogens is 368 g/mol. The van der Waals surface area contributed by atoms with Crippen molar-refractivity contribution in [3.63, 3.8) is 0 Å². The van der Waals surface area contributed by atoms with Crippen LogP contribution in [0.15, 0.2) is 48.7 Å².